The van der Waals surface area contributed by atoms with Gasteiger partial charge in [-0.05, 0) is 39.0 Å². The average Bonchev–Trinajstić information content (AvgIpc) is 2.31. The fourth-order valence-corrected chi connectivity index (χ4v) is 1.67. The second kappa shape index (κ2) is 7.17. The van der Waals surface area contributed by atoms with E-state index in [0.29, 0.717) is 12.2 Å². The van der Waals surface area contributed by atoms with Gasteiger partial charge in [-0.1, -0.05) is 0 Å². The Morgan fingerprint density at radius 1 is 1.19 bits per heavy atom. The molecule has 1 aromatic rings. The van der Waals surface area contributed by atoms with Crippen LogP contribution in [0.2, 0.25) is 0 Å². The average molecular weight is 295 g/mol. The van der Waals surface area contributed by atoms with Crippen molar-refractivity contribution in [3.63, 3.8) is 0 Å². The summed E-state index contributed by atoms with van der Waals surface area (Å²) in [5, 5.41) is 8.22. The zero-order valence-electron chi connectivity index (χ0n) is 12.8. The molecule has 0 unspecified atom stereocenters. The fourth-order valence-electron chi connectivity index (χ4n) is 1.67. The molecule has 0 radical (unpaired) electrons. The SMILES string of the molecule is CC(=O)Nc1ccc(F)c(NC(=O)CCNC(C)(C)C)c1. The standard InChI is InChI=1S/C15H22FN3O2/c1-10(20)18-11-5-6-12(16)13(9-11)19-14(21)7-8-17-15(2,3)4/h5-6,9,17H,7-8H2,1-4H3,(H,18,20)(H,19,21). The number of rotatable bonds is 5. The lowest BCUT2D eigenvalue weighted by Crippen LogP contribution is -2.37. The van der Waals surface area contributed by atoms with Crippen LogP contribution in [-0.2, 0) is 9.59 Å². The fraction of sp³-hybridized carbons (Fsp3) is 0.467. The molecule has 0 aliphatic heterocycles. The van der Waals surface area contributed by atoms with Crippen LogP contribution in [0.1, 0.15) is 34.1 Å². The lowest BCUT2D eigenvalue weighted by atomic mass is 10.1. The molecule has 0 heterocycles. The number of halogens is 1. The number of nitrogens with one attached hydrogen (secondary N) is 3. The molecule has 0 saturated heterocycles. The maximum atomic E-state index is 13.6. The summed E-state index contributed by atoms with van der Waals surface area (Å²) in [5.74, 6) is -1.08. The number of hydrogen-bond acceptors (Lipinski definition) is 3. The number of benzene rings is 1. The van der Waals surface area contributed by atoms with Crippen molar-refractivity contribution in [2.45, 2.75) is 39.7 Å². The number of amides is 2. The number of anilines is 2. The summed E-state index contributed by atoms with van der Waals surface area (Å²) < 4.78 is 13.6. The van der Waals surface area contributed by atoms with E-state index in [1.54, 1.807) is 0 Å². The topological polar surface area (TPSA) is 70.2 Å². The quantitative estimate of drug-likeness (QED) is 0.781. The third-order valence-electron chi connectivity index (χ3n) is 2.57. The molecule has 0 aromatic heterocycles. The largest absolute Gasteiger partial charge is 0.326 e. The van der Waals surface area contributed by atoms with Gasteiger partial charge in [0.15, 0.2) is 0 Å². The van der Waals surface area contributed by atoms with Crippen molar-refractivity contribution in [2.75, 3.05) is 17.2 Å². The zero-order chi connectivity index (χ0) is 16.0. The molecule has 0 saturated carbocycles. The molecule has 0 bridgehead atoms. The van der Waals surface area contributed by atoms with Crippen molar-refractivity contribution in [2.24, 2.45) is 0 Å². The maximum absolute atomic E-state index is 13.6. The summed E-state index contributed by atoms with van der Waals surface area (Å²) in [4.78, 5) is 22.7. The first-order chi connectivity index (χ1) is 9.67. The Bertz CT molecular complexity index is 524. The van der Waals surface area contributed by atoms with Gasteiger partial charge in [-0.3, -0.25) is 9.59 Å². The highest BCUT2D eigenvalue weighted by Crippen LogP contribution is 2.19. The minimum Gasteiger partial charge on any atom is -0.326 e. The Balaban J connectivity index is 2.60. The molecule has 116 valence electrons. The van der Waals surface area contributed by atoms with Crippen LogP contribution in [0.4, 0.5) is 15.8 Å². The molecule has 1 aromatic carbocycles. The van der Waals surface area contributed by atoms with Crippen molar-refractivity contribution in [1.29, 1.82) is 0 Å². The van der Waals surface area contributed by atoms with Crippen LogP contribution in [0.15, 0.2) is 18.2 Å². The van der Waals surface area contributed by atoms with Crippen LogP contribution in [0.3, 0.4) is 0 Å². The maximum Gasteiger partial charge on any atom is 0.225 e. The van der Waals surface area contributed by atoms with E-state index in [9.17, 15) is 14.0 Å². The minimum atomic E-state index is -0.541. The Hall–Kier alpha value is -1.95. The first kappa shape index (κ1) is 17.1. The van der Waals surface area contributed by atoms with E-state index in [1.165, 1.54) is 25.1 Å². The smallest absolute Gasteiger partial charge is 0.225 e. The lowest BCUT2D eigenvalue weighted by molar-refractivity contribution is -0.116. The Morgan fingerprint density at radius 3 is 2.43 bits per heavy atom. The van der Waals surface area contributed by atoms with E-state index >= 15 is 0 Å². The molecular formula is C15H22FN3O2. The summed E-state index contributed by atoms with van der Waals surface area (Å²) >= 11 is 0. The van der Waals surface area contributed by atoms with Gasteiger partial charge in [0.25, 0.3) is 0 Å². The molecule has 0 spiro atoms. The monoisotopic (exact) mass is 295 g/mol. The van der Waals surface area contributed by atoms with Crippen LogP contribution < -0.4 is 16.0 Å². The molecule has 1 rings (SSSR count). The first-order valence-electron chi connectivity index (χ1n) is 6.79. The molecule has 0 atom stereocenters. The summed E-state index contributed by atoms with van der Waals surface area (Å²) in [6.45, 7) is 7.87. The zero-order valence-corrected chi connectivity index (χ0v) is 12.8. The van der Waals surface area contributed by atoms with Gasteiger partial charge in [0, 0.05) is 31.1 Å². The van der Waals surface area contributed by atoms with Gasteiger partial charge in [0.05, 0.1) is 5.69 Å². The number of hydrogen-bond donors (Lipinski definition) is 3. The van der Waals surface area contributed by atoms with E-state index in [0.717, 1.165) is 0 Å². The van der Waals surface area contributed by atoms with Crippen LogP contribution in [0, 0.1) is 5.82 Å². The van der Waals surface area contributed by atoms with E-state index in [1.807, 2.05) is 20.8 Å². The van der Waals surface area contributed by atoms with Gasteiger partial charge >= 0.3 is 0 Å². The predicted molar refractivity (Wildman–Crippen MR) is 81.7 cm³/mol. The van der Waals surface area contributed by atoms with Crippen molar-refractivity contribution in [3.05, 3.63) is 24.0 Å². The van der Waals surface area contributed by atoms with Crippen LogP contribution in [0.25, 0.3) is 0 Å². The van der Waals surface area contributed by atoms with Gasteiger partial charge in [-0.2, -0.15) is 0 Å². The van der Waals surface area contributed by atoms with E-state index < -0.39 is 5.82 Å². The molecule has 0 fully saturated rings. The molecule has 6 heteroatoms. The highest BCUT2D eigenvalue weighted by molar-refractivity contribution is 5.93. The molecule has 3 N–H and O–H groups in total. The molecule has 21 heavy (non-hydrogen) atoms. The molecule has 0 aliphatic rings. The summed E-state index contributed by atoms with van der Waals surface area (Å²) in [6, 6.07) is 4.04. The molecule has 5 nitrogen and oxygen atoms in total. The van der Waals surface area contributed by atoms with Crippen LogP contribution in [0.5, 0.6) is 0 Å². The Kier molecular flexibility index (Phi) is 5.84. The first-order valence-corrected chi connectivity index (χ1v) is 6.79. The highest BCUT2D eigenvalue weighted by Gasteiger charge is 2.11. The van der Waals surface area contributed by atoms with Crippen molar-refractivity contribution < 1.29 is 14.0 Å². The van der Waals surface area contributed by atoms with Gasteiger partial charge < -0.3 is 16.0 Å². The summed E-state index contributed by atoms with van der Waals surface area (Å²) in [6.07, 6.45) is 0.237. The Labute approximate surface area is 124 Å². The van der Waals surface area contributed by atoms with E-state index in [-0.39, 0.29) is 29.5 Å². The van der Waals surface area contributed by atoms with Gasteiger partial charge in [0.1, 0.15) is 5.82 Å². The highest BCUT2D eigenvalue weighted by atomic mass is 19.1. The van der Waals surface area contributed by atoms with E-state index in [4.69, 9.17) is 0 Å². The molecular weight excluding hydrogens is 273 g/mol. The van der Waals surface area contributed by atoms with Crippen LogP contribution >= 0.6 is 0 Å². The van der Waals surface area contributed by atoms with Crippen LogP contribution in [-0.4, -0.2) is 23.9 Å². The number of carbonyl (C=O) groups is 2. The third kappa shape index (κ3) is 6.85. The van der Waals surface area contributed by atoms with Gasteiger partial charge in [-0.25, -0.2) is 4.39 Å². The second-order valence-electron chi connectivity index (χ2n) is 5.85. The van der Waals surface area contributed by atoms with Crippen molar-refractivity contribution in [1.82, 2.24) is 5.32 Å². The van der Waals surface area contributed by atoms with Crippen molar-refractivity contribution >= 4 is 23.2 Å². The minimum absolute atomic E-state index is 0.0574. The van der Waals surface area contributed by atoms with Gasteiger partial charge in [0.2, 0.25) is 11.8 Å². The lowest BCUT2D eigenvalue weighted by Gasteiger charge is -2.20. The predicted octanol–water partition coefficient (Wildman–Crippen LogP) is 2.50. The Morgan fingerprint density at radius 2 is 1.86 bits per heavy atom. The number of carbonyl (C=O) groups excluding carboxylic acids is 2. The summed E-state index contributed by atoms with van der Waals surface area (Å²) in [5.41, 5.74) is 0.422. The normalized spacial score (nSPS) is 11.1. The van der Waals surface area contributed by atoms with Gasteiger partial charge in [-0.15, -0.1) is 0 Å². The third-order valence-corrected chi connectivity index (χ3v) is 2.57. The second-order valence-corrected chi connectivity index (χ2v) is 5.85. The van der Waals surface area contributed by atoms with Crippen molar-refractivity contribution in [3.8, 4) is 0 Å². The summed E-state index contributed by atoms with van der Waals surface area (Å²) in [7, 11) is 0. The molecule has 2 amide bonds. The van der Waals surface area contributed by atoms with E-state index in [2.05, 4.69) is 16.0 Å². The molecule has 0 aliphatic carbocycles.